The van der Waals surface area contributed by atoms with Crippen LogP contribution < -0.4 is 10.1 Å². The average Bonchev–Trinajstić information content (AvgIpc) is 2.63. The van der Waals surface area contributed by atoms with Crippen LogP contribution in [0.15, 0.2) is 60.3 Å². The van der Waals surface area contributed by atoms with Gasteiger partial charge >= 0.3 is 11.9 Å². The zero-order valence-electron chi connectivity index (χ0n) is 13.6. The summed E-state index contributed by atoms with van der Waals surface area (Å²) in [4.78, 5) is 23.3. The zero-order valence-corrected chi connectivity index (χ0v) is 14.4. The fourth-order valence-electron chi connectivity index (χ4n) is 1.87. The van der Waals surface area contributed by atoms with Gasteiger partial charge in [-0.2, -0.15) is 0 Å². The number of methoxy groups -OCH3 is 2. The molecule has 0 spiro atoms. The summed E-state index contributed by atoms with van der Waals surface area (Å²) in [5.41, 5.74) is 0.388. The van der Waals surface area contributed by atoms with E-state index in [2.05, 4.69) is 14.8 Å². The van der Waals surface area contributed by atoms with E-state index < -0.39 is 11.9 Å². The Morgan fingerprint density at radius 2 is 1.68 bits per heavy atom. The second-order valence-corrected chi connectivity index (χ2v) is 5.19. The SMILES string of the molecule is COC(=O)/C=C(/Nc1ccccc1Oc1ccc(Cl)cc1)C(=O)OC. The van der Waals surface area contributed by atoms with E-state index in [4.69, 9.17) is 16.3 Å². The minimum Gasteiger partial charge on any atom is -0.466 e. The third-order valence-corrected chi connectivity index (χ3v) is 3.32. The molecule has 0 aliphatic rings. The summed E-state index contributed by atoms with van der Waals surface area (Å²) in [5, 5.41) is 3.42. The lowest BCUT2D eigenvalue weighted by Gasteiger charge is -2.14. The number of nitrogens with one attached hydrogen (secondary N) is 1. The average molecular weight is 362 g/mol. The Labute approximate surface area is 150 Å². The van der Waals surface area contributed by atoms with Gasteiger partial charge in [0, 0.05) is 5.02 Å². The molecule has 0 aliphatic carbocycles. The third-order valence-electron chi connectivity index (χ3n) is 3.07. The molecule has 0 saturated heterocycles. The molecule has 7 heteroatoms. The van der Waals surface area contributed by atoms with Gasteiger partial charge in [0.15, 0.2) is 5.75 Å². The molecule has 0 aromatic heterocycles. The molecule has 0 fully saturated rings. The molecule has 1 N–H and O–H groups in total. The number of hydrogen-bond acceptors (Lipinski definition) is 6. The molecule has 0 atom stereocenters. The van der Waals surface area contributed by atoms with Gasteiger partial charge in [-0.05, 0) is 36.4 Å². The van der Waals surface area contributed by atoms with Crippen LogP contribution in [0.3, 0.4) is 0 Å². The van der Waals surface area contributed by atoms with Crippen molar-refractivity contribution >= 4 is 29.2 Å². The molecule has 2 aromatic rings. The van der Waals surface area contributed by atoms with Gasteiger partial charge < -0.3 is 19.5 Å². The molecule has 0 amide bonds. The maximum Gasteiger partial charge on any atom is 0.354 e. The Balaban J connectivity index is 2.29. The van der Waals surface area contributed by atoms with Gasteiger partial charge in [0.05, 0.1) is 26.0 Å². The number of anilines is 1. The van der Waals surface area contributed by atoms with Crippen LogP contribution in [0.5, 0.6) is 11.5 Å². The van der Waals surface area contributed by atoms with E-state index in [0.717, 1.165) is 6.08 Å². The Morgan fingerprint density at radius 1 is 1.00 bits per heavy atom. The molecule has 0 radical (unpaired) electrons. The molecule has 0 saturated carbocycles. The maximum absolute atomic E-state index is 11.9. The minimum atomic E-state index is -0.716. The predicted octanol–water partition coefficient (Wildman–Crippen LogP) is 3.77. The van der Waals surface area contributed by atoms with Crippen molar-refractivity contribution in [2.75, 3.05) is 19.5 Å². The number of halogens is 1. The summed E-state index contributed by atoms with van der Waals surface area (Å²) >= 11 is 5.86. The van der Waals surface area contributed by atoms with Crippen LogP contribution in [0.1, 0.15) is 0 Å². The fourth-order valence-corrected chi connectivity index (χ4v) is 1.99. The van der Waals surface area contributed by atoms with E-state index in [1.165, 1.54) is 14.2 Å². The second kappa shape index (κ2) is 8.75. The number of benzene rings is 2. The van der Waals surface area contributed by atoms with Crippen LogP contribution in [0.25, 0.3) is 0 Å². The van der Waals surface area contributed by atoms with Gasteiger partial charge in [-0.25, -0.2) is 9.59 Å². The summed E-state index contributed by atoms with van der Waals surface area (Å²) in [6, 6.07) is 13.8. The molecule has 2 rings (SSSR count). The van der Waals surface area contributed by atoms with Crippen molar-refractivity contribution in [3.8, 4) is 11.5 Å². The molecule has 2 aromatic carbocycles. The third kappa shape index (κ3) is 5.26. The summed E-state index contributed by atoms with van der Waals surface area (Å²) in [5.74, 6) is -0.393. The van der Waals surface area contributed by atoms with E-state index in [1.807, 2.05) is 0 Å². The van der Waals surface area contributed by atoms with E-state index >= 15 is 0 Å². The largest absolute Gasteiger partial charge is 0.466 e. The van der Waals surface area contributed by atoms with Crippen LogP contribution in [0.4, 0.5) is 5.69 Å². The number of carbonyl (C=O) groups is 2. The Bertz CT molecular complexity index is 786. The highest BCUT2D eigenvalue weighted by atomic mass is 35.5. The lowest BCUT2D eigenvalue weighted by Crippen LogP contribution is -2.15. The van der Waals surface area contributed by atoms with Crippen molar-refractivity contribution in [3.05, 3.63) is 65.3 Å². The van der Waals surface area contributed by atoms with Crippen molar-refractivity contribution in [1.29, 1.82) is 0 Å². The summed E-state index contributed by atoms with van der Waals surface area (Å²) in [6.07, 6.45) is 1.00. The van der Waals surface area contributed by atoms with Crippen molar-refractivity contribution in [2.24, 2.45) is 0 Å². The summed E-state index contributed by atoms with van der Waals surface area (Å²) < 4.78 is 15.0. The second-order valence-electron chi connectivity index (χ2n) is 4.75. The maximum atomic E-state index is 11.9. The van der Waals surface area contributed by atoms with Crippen molar-refractivity contribution in [3.63, 3.8) is 0 Å². The standard InChI is InChI=1S/C18H16ClNO5/c1-23-17(21)11-15(18(22)24-2)20-14-5-3-4-6-16(14)25-13-9-7-12(19)8-10-13/h3-11,20H,1-2H3/b15-11+. The van der Waals surface area contributed by atoms with Crippen LogP contribution in [-0.4, -0.2) is 26.2 Å². The van der Waals surface area contributed by atoms with E-state index in [-0.39, 0.29) is 5.70 Å². The summed E-state index contributed by atoms with van der Waals surface area (Å²) in [7, 11) is 2.43. The Hall–Kier alpha value is -2.99. The molecule has 25 heavy (non-hydrogen) atoms. The van der Waals surface area contributed by atoms with Crippen molar-refractivity contribution < 1.29 is 23.8 Å². The fraction of sp³-hybridized carbons (Fsp3) is 0.111. The van der Waals surface area contributed by atoms with Gasteiger partial charge in [-0.1, -0.05) is 23.7 Å². The Kier molecular flexibility index (Phi) is 6.42. The number of rotatable bonds is 6. The molecule has 130 valence electrons. The summed E-state index contributed by atoms with van der Waals surface area (Å²) in [6.45, 7) is 0. The molecule has 0 unspecified atom stereocenters. The highest BCUT2D eigenvalue weighted by Gasteiger charge is 2.15. The predicted molar refractivity (Wildman–Crippen MR) is 93.7 cm³/mol. The molecule has 0 heterocycles. The van der Waals surface area contributed by atoms with E-state index in [1.54, 1.807) is 48.5 Å². The first-order chi connectivity index (χ1) is 12.0. The zero-order chi connectivity index (χ0) is 18.2. The quantitative estimate of drug-likeness (QED) is 0.623. The van der Waals surface area contributed by atoms with Gasteiger partial charge in [-0.3, -0.25) is 0 Å². The number of para-hydroxylation sites is 2. The lowest BCUT2D eigenvalue weighted by atomic mass is 10.2. The van der Waals surface area contributed by atoms with Crippen molar-refractivity contribution in [2.45, 2.75) is 0 Å². The van der Waals surface area contributed by atoms with Gasteiger partial charge in [0.1, 0.15) is 11.4 Å². The molecular formula is C18H16ClNO5. The number of hydrogen-bond donors (Lipinski definition) is 1. The van der Waals surface area contributed by atoms with Crippen molar-refractivity contribution in [1.82, 2.24) is 0 Å². The first kappa shape index (κ1) is 18.4. The van der Waals surface area contributed by atoms with Crippen LogP contribution >= 0.6 is 11.6 Å². The molecule has 0 aliphatic heterocycles. The van der Waals surface area contributed by atoms with E-state index in [0.29, 0.717) is 22.2 Å². The number of carbonyl (C=O) groups excluding carboxylic acids is 2. The highest BCUT2D eigenvalue weighted by Crippen LogP contribution is 2.30. The van der Waals surface area contributed by atoms with Crippen LogP contribution in [0, 0.1) is 0 Å². The lowest BCUT2D eigenvalue weighted by molar-refractivity contribution is -0.138. The molecule has 6 nitrogen and oxygen atoms in total. The first-order valence-electron chi connectivity index (χ1n) is 7.21. The molecular weight excluding hydrogens is 346 g/mol. The topological polar surface area (TPSA) is 73.9 Å². The Morgan fingerprint density at radius 3 is 2.32 bits per heavy atom. The number of ether oxygens (including phenoxy) is 3. The van der Waals surface area contributed by atoms with Gasteiger partial charge in [0.25, 0.3) is 0 Å². The number of esters is 2. The first-order valence-corrected chi connectivity index (χ1v) is 7.58. The molecule has 0 bridgehead atoms. The van der Waals surface area contributed by atoms with Gasteiger partial charge in [0.2, 0.25) is 0 Å². The minimum absolute atomic E-state index is 0.0819. The highest BCUT2D eigenvalue weighted by molar-refractivity contribution is 6.30. The normalized spacial score (nSPS) is 10.8. The van der Waals surface area contributed by atoms with Gasteiger partial charge in [-0.15, -0.1) is 0 Å². The van der Waals surface area contributed by atoms with Crippen LogP contribution in [-0.2, 0) is 19.1 Å². The monoisotopic (exact) mass is 361 g/mol. The van der Waals surface area contributed by atoms with E-state index in [9.17, 15) is 9.59 Å². The van der Waals surface area contributed by atoms with Crippen LogP contribution in [0.2, 0.25) is 5.02 Å². The smallest absolute Gasteiger partial charge is 0.354 e.